The Labute approximate surface area is 126 Å². The van der Waals surface area contributed by atoms with E-state index in [0.717, 1.165) is 22.5 Å². The molecule has 0 aliphatic carbocycles. The fraction of sp³-hybridized carbons (Fsp3) is 0.133. The fourth-order valence-electron chi connectivity index (χ4n) is 2.29. The Morgan fingerprint density at radius 3 is 2.90 bits per heavy atom. The zero-order valence-corrected chi connectivity index (χ0v) is 11.8. The predicted molar refractivity (Wildman–Crippen MR) is 81.9 cm³/mol. The quantitative estimate of drug-likeness (QED) is 0.763. The van der Waals surface area contributed by atoms with Gasteiger partial charge in [0.25, 0.3) is 0 Å². The van der Waals surface area contributed by atoms with Gasteiger partial charge in [-0.2, -0.15) is 0 Å². The molecule has 0 unspecified atom stereocenters. The van der Waals surface area contributed by atoms with Crippen molar-refractivity contribution < 1.29 is 9.18 Å². The molecule has 2 aromatic carbocycles. The summed E-state index contributed by atoms with van der Waals surface area (Å²) in [5.41, 5.74) is 9.76. The molecule has 6 heteroatoms. The number of hydrogen-bond acceptors (Lipinski definition) is 3. The number of nitrogens with two attached hydrogens (primary N) is 1. The summed E-state index contributed by atoms with van der Waals surface area (Å²) < 4.78 is 13.1. The van der Waals surface area contributed by atoms with Crippen molar-refractivity contribution in [2.24, 2.45) is 0 Å². The van der Waals surface area contributed by atoms with Gasteiger partial charge in [0, 0.05) is 12.2 Å². The van der Waals surface area contributed by atoms with Crippen LogP contribution in [0.4, 0.5) is 21.5 Å². The largest absolute Gasteiger partial charge is 0.397 e. The van der Waals surface area contributed by atoms with Crippen LogP contribution in [0.5, 0.6) is 0 Å². The van der Waals surface area contributed by atoms with Crippen LogP contribution in [-0.4, -0.2) is 5.91 Å². The summed E-state index contributed by atoms with van der Waals surface area (Å²) in [5, 5.41) is 6.02. The van der Waals surface area contributed by atoms with Crippen LogP contribution in [-0.2, 0) is 17.8 Å². The Morgan fingerprint density at radius 1 is 1.33 bits per heavy atom. The first-order chi connectivity index (χ1) is 10.0. The van der Waals surface area contributed by atoms with Gasteiger partial charge >= 0.3 is 0 Å². The minimum Gasteiger partial charge on any atom is -0.397 e. The lowest BCUT2D eigenvalue weighted by Crippen LogP contribution is -2.04. The minimum absolute atomic E-state index is 0.0353. The maximum absolute atomic E-state index is 13.1. The number of anilines is 3. The third-order valence-corrected chi connectivity index (χ3v) is 3.66. The van der Waals surface area contributed by atoms with Crippen molar-refractivity contribution in [2.45, 2.75) is 13.0 Å². The molecule has 1 aliphatic rings. The molecule has 21 heavy (non-hydrogen) atoms. The molecule has 1 aliphatic heterocycles. The molecule has 0 bridgehead atoms. The molecule has 0 spiro atoms. The van der Waals surface area contributed by atoms with Gasteiger partial charge in [0.2, 0.25) is 5.91 Å². The highest BCUT2D eigenvalue weighted by atomic mass is 35.5. The van der Waals surface area contributed by atoms with E-state index in [4.69, 9.17) is 17.3 Å². The number of carbonyl (C=O) groups excluding carboxylic acids is 1. The average molecular weight is 306 g/mol. The second-order valence-corrected chi connectivity index (χ2v) is 5.33. The monoisotopic (exact) mass is 305 g/mol. The zero-order chi connectivity index (χ0) is 15.0. The van der Waals surface area contributed by atoms with E-state index < -0.39 is 5.82 Å². The van der Waals surface area contributed by atoms with Crippen LogP contribution in [0.3, 0.4) is 0 Å². The first-order valence-electron chi connectivity index (χ1n) is 6.43. The molecule has 4 nitrogen and oxygen atoms in total. The third-order valence-electron chi connectivity index (χ3n) is 3.37. The summed E-state index contributed by atoms with van der Waals surface area (Å²) in [6.45, 7) is 0.455. The van der Waals surface area contributed by atoms with Crippen molar-refractivity contribution in [1.29, 1.82) is 0 Å². The van der Waals surface area contributed by atoms with Crippen LogP contribution < -0.4 is 16.4 Å². The molecule has 0 fully saturated rings. The third kappa shape index (κ3) is 2.78. The summed E-state index contributed by atoms with van der Waals surface area (Å²) in [7, 11) is 0. The maximum atomic E-state index is 13.1. The summed E-state index contributed by atoms with van der Waals surface area (Å²) in [5.74, 6) is -0.480. The Balaban J connectivity index is 1.78. The Morgan fingerprint density at radius 2 is 2.14 bits per heavy atom. The smallest absolute Gasteiger partial charge is 0.228 e. The van der Waals surface area contributed by atoms with Crippen molar-refractivity contribution in [1.82, 2.24) is 0 Å². The SMILES string of the molecule is Nc1cc2c(cc1NCc1ccc(F)c(Cl)c1)NC(=O)C2. The molecule has 1 amide bonds. The van der Waals surface area contributed by atoms with E-state index in [0.29, 0.717) is 18.7 Å². The molecule has 0 saturated carbocycles. The topological polar surface area (TPSA) is 67.2 Å². The van der Waals surface area contributed by atoms with Crippen LogP contribution in [0.15, 0.2) is 30.3 Å². The van der Waals surface area contributed by atoms with Gasteiger partial charge in [0.05, 0.1) is 22.8 Å². The van der Waals surface area contributed by atoms with E-state index in [-0.39, 0.29) is 10.9 Å². The van der Waals surface area contributed by atoms with E-state index in [9.17, 15) is 9.18 Å². The molecule has 1 heterocycles. The van der Waals surface area contributed by atoms with Gasteiger partial charge in [0.1, 0.15) is 5.82 Å². The normalized spacial score (nSPS) is 13.0. The number of rotatable bonds is 3. The Bertz CT molecular complexity index is 733. The summed E-state index contributed by atoms with van der Waals surface area (Å²) in [4.78, 5) is 11.3. The maximum Gasteiger partial charge on any atom is 0.228 e. The minimum atomic E-state index is -0.444. The molecule has 0 aromatic heterocycles. The Hall–Kier alpha value is -2.27. The van der Waals surface area contributed by atoms with E-state index >= 15 is 0 Å². The molecule has 0 saturated heterocycles. The highest BCUT2D eigenvalue weighted by Crippen LogP contribution is 2.31. The van der Waals surface area contributed by atoms with Crippen molar-refractivity contribution in [2.75, 3.05) is 16.4 Å². The molecule has 3 rings (SSSR count). The number of fused-ring (bicyclic) bond motifs is 1. The number of nitrogens with one attached hydrogen (secondary N) is 2. The molecule has 4 N–H and O–H groups in total. The lowest BCUT2D eigenvalue weighted by molar-refractivity contribution is -0.115. The van der Waals surface area contributed by atoms with E-state index in [1.54, 1.807) is 24.3 Å². The standard InChI is InChI=1S/C15H13ClFN3O/c16-10-3-8(1-2-11(10)17)7-19-14-6-13-9(4-12(14)18)5-15(21)20-13/h1-4,6,19H,5,7,18H2,(H,20,21). The van der Waals surface area contributed by atoms with Gasteiger partial charge in [0.15, 0.2) is 0 Å². The van der Waals surface area contributed by atoms with Gasteiger partial charge in [-0.3, -0.25) is 4.79 Å². The first kappa shape index (κ1) is 13.7. The second-order valence-electron chi connectivity index (χ2n) is 4.92. The lowest BCUT2D eigenvalue weighted by Gasteiger charge is -2.12. The second kappa shape index (κ2) is 5.26. The van der Waals surface area contributed by atoms with E-state index in [1.807, 2.05) is 0 Å². The molecule has 2 aromatic rings. The van der Waals surface area contributed by atoms with Crippen LogP contribution >= 0.6 is 11.6 Å². The highest BCUT2D eigenvalue weighted by Gasteiger charge is 2.19. The van der Waals surface area contributed by atoms with Gasteiger partial charge < -0.3 is 16.4 Å². The van der Waals surface area contributed by atoms with Crippen molar-refractivity contribution in [3.05, 3.63) is 52.3 Å². The van der Waals surface area contributed by atoms with Gasteiger partial charge in [-0.25, -0.2) is 4.39 Å². The number of benzene rings is 2. The van der Waals surface area contributed by atoms with Crippen LogP contribution in [0, 0.1) is 5.82 Å². The van der Waals surface area contributed by atoms with Crippen molar-refractivity contribution in [3.8, 4) is 0 Å². The number of hydrogen-bond donors (Lipinski definition) is 3. The average Bonchev–Trinajstić information content (AvgIpc) is 2.79. The van der Waals surface area contributed by atoms with E-state index in [1.165, 1.54) is 6.07 Å². The molecular weight excluding hydrogens is 293 g/mol. The molecule has 108 valence electrons. The molecule has 0 radical (unpaired) electrons. The van der Waals surface area contributed by atoms with Crippen molar-refractivity contribution >= 4 is 34.6 Å². The van der Waals surface area contributed by atoms with Crippen LogP contribution in [0.2, 0.25) is 5.02 Å². The van der Waals surface area contributed by atoms with E-state index in [2.05, 4.69) is 10.6 Å². The highest BCUT2D eigenvalue weighted by molar-refractivity contribution is 6.30. The number of nitrogen functional groups attached to an aromatic ring is 1. The van der Waals surface area contributed by atoms with Gasteiger partial charge in [-0.05, 0) is 35.4 Å². The first-order valence-corrected chi connectivity index (χ1v) is 6.81. The predicted octanol–water partition coefficient (Wildman–Crippen LogP) is 3.17. The summed E-state index contributed by atoms with van der Waals surface area (Å²) in [6, 6.07) is 8.13. The summed E-state index contributed by atoms with van der Waals surface area (Å²) in [6.07, 6.45) is 0.355. The summed E-state index contributed by atoms with van der Waals surface area (Å²) >= 11 is 5.74. The van der Waals surface area contributed by atoms with Gasteiger partial charge in [-0.15, -0.1) is 0 Å². The number of amides is 1. The molecular formula is C15H13ClFN3O. The number of carbonyl (C=O) groups is 1. The molecule has 0 atom stereocenters. The lowest BCUT2D eigenvalue weighted by atomic mass is 10.1. The fourth-order valence-corrected chi connectivity index (χ4v) is 2.50. The van der Waals surface area contributed by atoms with Crippen LogP contribution in [0.25, 0.3) is 0 Å². The zero-order valence-electron chi connectivity index (χ0n) is 11.0. The van der Waals surface area contributed by atoms with Gasteiger partial charge in [-0.1, -0.05) is 17.7 Å². The van der Waals surface area contributed by atoms with Crippen LogP contribution in [0.1, 0.15) is 11.1 Å². The van der Waals surface area contributed by atoms with Crippen molar-refractivity contribution in [3.63, 3.8) is 0 Å². The number of halogens is 2. The Kier molecular flexibility index (Phi) is 3.43.